The van der Waals surface area contributed by atoms with Crippen LogP contribution >= 0.6 is 22.6 Å². The van der Waals surface area contributed by atoms with Gasteiger partial charge in [-0.3, -0.25) is 9.89 Å². The van der Waals surface area contributed by atoms with E-state index in [1.165, 1.54) is 0 Å². The number of carbonyl (C=O) groups is 1. The van der Waals surface area contributed by atoms with E-state index in [1.54, 1.807) is 0 Å². The minimum Gasteiger partial charge on any atom is -0.376 e. The molecule has 98 valence electrons. The van der Waals surface area contributed by atoms with Crippen molar-refractivity contribution in [3.63, 3.8) is 0 Å². The Hall–Kier alpha value is -1.41. The van der Waals surface area contributed by atoms with E-state index in [4.69, 9.17) is 4.74 Å². The number of nitrogens with zero attached hydrogens (tertiary/aromatic N) is 1. The Kier molecular flexibility index (Phi) is 3.52. The molecule has 1 aliphatic heterocycles. The van der Waals surface area contributed by atoms with Crippen LogP contribution in [0.2, 0.25) is 0 Å². The van der Waals surface area contributed by atoms with Crippen molar-refractivity contribution in [3.05, 3.63) is 44.8 Å². The van der Waals surface area contributed by atoms with Crippen molar-refractivity contribution in [1.29, 1.82) is 0 Å². The minimum absolute atomic E-state index is 0.204. The summed E-state index contributed by atoms with van der Waals surface area (Å²) in [7, 11) is 0. The number of rotatable bonds is 2. The zero-order valence-corrected chi connectivity index (χ0v) is 12.2. The van der Waals surface area contributed by atoms with Gasteiger partial charge in [-0.15, -0.1) is 0 Å². The molecule has 0 unspecified atom stereocenters. The van der Waals surface area contributed by atoms with Gasteiger partial charge < -0.3 is 10.1 Å². The summed E-state index contributed by atoms with van der Waals surface area (Å²) in [5.74, 6) is -0.204. The Labute approximate surface area is 123 Å². The molecule has 0 aliphatic carbocycles. The summed E-state index contributed by atoms with van der Waals surface area (Å²) >= 11 is 2.22. The fourth-order valence-corrected chi connectivity index (χ4v) is 2.38. The first-order chi connectivity index (χ1) is 9.24. The van der Waals surface area contributed by atoms with Gasteiger partial charge >= 0.3 is 0 Å². The lowest BCUT2D eigenvalue weighted by atomic mass is 10.1. The fourth-order valence-electron chi connectivity index (χ4n) is 2.02. The number of amides is 1. The summed E-state index contributed by atoms with van der Waals surface area (Å²) in [5.41, 5.74) is 3.06. The molecule has 1 aromatic heterocycles. The summed E-state index contributed by atoms with van der Waals surface area (Å²) in [4.78, 5) is 12.2. The van der Waals surface area contributed by atoms with E-state index >= 15 is 0 Å². The summed E-state index contributed by atoms with van der Waals surface area (Å²) < 4.78 is 6.50. The van der Waals surface area contributed by atoms with Crippen LogP contribution in [0.4, 0.5) is 5.69 Å². The van der Waals surface area contributed by atoms with E-state index in [0.29, 0.717) is 18.9 Å². The molecule has 6 heteroatoms. The van der Waals surface area contributed by atoms with Crippen LogP contribution in [0.15, 0.2) is 24.3 Å². The molecule has 0 atom stereocenters. The first kappa shape index (κ1) is 12.6. The Balaban J connectivity index is 1.80. The quantitative estimate of drug-likeness (QED) is 0.799. The average molecular weight is 369 g/mol. The van der Waals surface area contributed by atoms with Crippen molar-refractivity contribution >= 4 is 34.2 Å². The molecule has 0 fully saturated rings. The summed E-state index contributed by atoms with van der Waals surface area (Å²) in [6.07, 6.45) is 0.777. The highest BCUT2D eigenvalue weighted by Crippen LogP contribution is 2.19. The molecule has 2 aromatic rings. The monoisotopic (exact) mass is 369 g/mol. The second-order valence-electron chi connectivity index (χ2n) is 4.29. The van der Waals surface area contributed by atoms with Gasteiger partial charge in [0.2, 0.25) is 0 Å². The number of aromatic amines is 1. The van der Waals surface area contributed by atoms with Crippen molar-refractivity contribution in [2.24, 2.45) is 0 Å². The largest absolute Gasteiger partial charge is 0.376 e. The summed E-state index contributed by atoms with van der Waals surface area (Å²) in [5, 5.41) is 9.84. The Morgan fingerprint density at radius 3 is 2.95 bits per heavy atom. The van der Waals surface area contributed by atoms with Crippen LogP contribution in [-0.4, -0.2) is 22.7 Å². The molecule has 5 nitrogen and oxygen atoms in total. The van der Waals surface area contributed by atoms with Gasteiger partial charge in [0.25, 0.3) is 5.91 Å². The smallest absolute Gasteiger partial charge is 0.276 e. The van der Waals surface area contributed by atoms with Crippen LogP contribution in [-0.2, 0) is 17.8 Å². The van der Waals surface area contributed by atoms with Gasteiger partial charge in [0.05, 0.1) is 13.2 Å². The third kappa shape index (κ3) is 2.64. The molecule has 0 saturated carbocycles. The highest BCUT2D eigenvalue weighted by molar-refractivity contribution is 14.1. The summed E-state index contributed by atoms with van der Waals surface area (Å²) in [6.45, 7) is 1.12. The predicted octanol–water partition coefficient (Wildman–Crippen LogP) is 2.34. The SMILES string of the molecule is O=C(Nc1ccc(I)cc1)c1n[nH]c2c1COCC2. The van der Waals surface area contributed by atoms with E-state index in [0.717, 1.165) is 26.9 Å². The van der Waals surface area contributed by atoms with Gasteiger partial charge in [0.1, 0.15) is 0 Å². The van der Waals surface area contributed by atoms with Crippen molar-refractivity contribution in [2.75, 3.05) is 11.9 Å². The lowest BCUT2D eigenvalue weighted by Gasteiger charge is -2.12. The number of carbonyl (C=O) groups excluding carboxylic acids is 1. The van der Waals surface area contributed by atoms with Crippen LogP contribution in [0.25, 0.3) is 0 Å². The second-order valence-corrected chi connectivity index (χ2v) is 5.54. The molecule has 2 heterocycles. The molecule has 0 radical (unpaired) electrons. The zero-order valence-electron chi connectivity index (χ0n) is 10.1. The number of fused-ring (bicyclic) bond motifs is 1. The van der Waals surface area contributed by atoms with Gasteiger partial charge in [0.15, 0.2) is 5.69 Å². The number of halogens is 1. The van der Waals surface area contributed by atoms with Crippen molar-refractivity contribution in [2.45, 2.75) is 13.0 Å². The third-order valence-corrected chi connectivity index (χ3v) is 3.73. The maximum Gasteiger partial charge on any atom is 0.276 e. The van der Waals surface area contributed by atoms with Gasteiger partial charge in [-0.2, -0.15) is 5.10 Å². The molecule has 19 heavy (non-hydrogen) atoms. The molecule has 1 aromatic carbocycles. The number of hydrogen-bond donors (Lipinski definition) is 2. The number of ether oxygens (including phenoxy) is 1. The first-order valence-corrected chi connectivity index (χ1v) is 7.02. The minimum atomic E-state index is -0.204. The van der Waals surface area contributed by atoms with E-state index in [9.17, 15) is 4.79 Å². The maximum absolute atomic E-state index is 12.2. The first-order valence-electron chi connectivity index (χ1n) is 5.95. The van der Waals surface area contributed by atoms with Crippen molar-refractivity contribution in [1.82, 2.24) is 10.2 Å². The average Bonchev–Trinajstić information content (AvgIpc) is 2.85. The van der Waals surface area contributed by atoms with Gasteiger partial charge in [-0.25, -0.2) is 0 Å². The van der Waals surface area contributed by atoms with Crippen LogP contribution < -0.4 is 5.32 Å². The van der Waals surface area contributed by atoms with Gasteiger partial charge in [0, 0.05) is 26.9 Å². The zero-order chi connectivity index (χ0) is 13.2. The lowest BCUT2D eigenvalue weighted by molar-refractivity contribution is 0.0985. The molecule has 0 bridgehead atoms. The number of nitrogens with one attached hydrogen (secondary N) is 2. The van der Waals surface area contributed by atoms with E-state index in [-0.39, 0.29) is 5.91 Å². The Morgan fingerprint density at radius 2 is 2.16 bits per heavy atom. The predicted molar refractivity (Wildman–Crippen MR) is 79.1 cm³/mol. The number of benzene rings is 1. The Bertz CT molecular complexity index is 607. The molecular formula is C13H12IN3O2. The number of H-pyrrole nitrogens is 1. The van der Waals surface area contributed by atoms with E-state index in [1.807, 2.05) is 24.3 Å². The molecule has 1 aliphatic rings. The molecule has 1 amide bonds. The van der Waals surface area contributed by atoms with Gasteiger partial charge in [-0.05, 0) is 46.9 Å². The Morgan fingerprint density at radius 1 is 1.37 bits per heavy atom. The summed E-state index contributed by atoms with van der Waals surface area (Å²) in [6, 6.07) is 7.63. The third-order valence-electron chi connectivity index (χ3n) is 3.01. The molecular weight excluding hydrogens is 357 g/mol. The normalized spacial score (nSPS) is 13.9. The van der Waals surface area contributed by atoms with Crippen molar-refractivity contribution in [3.8, 4) is 0 Å². The number of hydrogen-bond acceptors (Lipinski definition) is 3. The standard InChI is InChI=1S/C13H12IN3O2/c14-8-1-3-9(4-2-8)15-13(18)12-10-7-19-6-5-11(10)16-17-12/h1-4H,5-7H2,(H,15,18)(H,16,17). The van der Waals surface area contributed by atoms with Crippen LogP contribution in [0.3, 0.4) is 0 Å². The van der Waals surface area contributed by atoms with Crippen LogP contribution in [0, 0.1) is 3.57 Å². The fraction of sp³-hybridized carbons (Fsp3) is 0.231. The maximum atomic E-state index is 12.2. The molecule has 2 N–H and O–H groups in total. The number of anilines is 1. The van der Waals surface area contributed by atoms with Crippen LogP contribution in [0.1, 0.15) is 21.7 Å². The highest BCUT2D eigenvalue weighted by Gasteiger charge is 2.22. The van der Waals surface area contributed by atoms with E-state index in [2.05, 4.69) is 38.1 Å². The van der Waals surface area contributed by atoms with Crippen molar-refractivity contribution < 1.29 is 9.53 Å². The molecule has 0 saturated heterocycles. The lowest BCUT2D eigenvalue weighted by Crippen LogP contribution is -2.17. The van der Waals surface area contributed by atoms with E-state index < -0.39 is 0 Å². The van der Waals surface area contributed by atoms with Gasteiger partial charge in [-0.1, -0.05) is 0 Å². The van der Waals surface area contributed by atoms with Crippen LogP contribution in [0.5, 0.6) is 0 Å². The number of aromatic nitrogens is 2. The topological polar surface area (TPSA) is 67.0 Å². The second kappa shape index (κ2) is 5.30. The molecule has 3 rings (SSSR count). The highest BCUT2D eigenvalue weighted by atomic mass is 127. The molecule has 0 spiro atoms.